The van der Waals surface area contributed by atoms with Crippen molar-refractivity contribution in [2.24, 2.45) is 0 Å². The molecule has 1 heterocycles. The third kappa shape index (κ3) is 1.76. The third-order valence-corrected chi connectivity index (χ3v) is 3.27. The molecule has 1 aromatic heterocycles. The van der Waals surface area contributed by atoms with E-state index in [2.05, 4.69) is 0 Å². The van der Waals surface area contributed by atoms with Gasteiger partial charge in [-0.3, -0.25) is 4.79 Å². The molecule has 1 aliphatic carbocycles. The first kappa shape index (κ1) is 11.7. The Bertz CT molecular complexity index is 761. The number of carboxylic acid groups (broad SMARTS) is 1. The maximum absolute atomic E-state index is 13.4. The average molecular weight is 263 g/mol. The number of fused-ring (bicyclic) bond motifs is 1. The van der Waals surface area contributed by atoms with Gasteiger partial charge in [-0.1, -0.05) is 0 Å². The van der Waals surface area contributed by atoms with Gasteiger partial charge in [-0.05, 0) is 18.9 Å². The molecule has 1 fully saturated rings. The number of phenolic OH excluding ortho intramolecular Hbond substituents is 1. The lowest BCUT2D eigenvalue weighted by atomic mass is 10.1. The van der Waals surface area contributed by atoms with Crippen molar-refractivity contribution in [1.29, 1.82) is 0 Å². The fourth-order valence-electron chi connectivity index (χ4n) is 2.17. The topological polar surface area (TPSA) is 79.5 Å². The van der Waals surface area contributed by atoms with E-state index in [-0.39, 0.29) is 17.0 Å². The molecule has 2 N–H and O–H groups in total. The van der Waals surface area contributed by atoms with Crippen molar-refractivity contribution in [2.75, 3.05) is 0 Å². The van der Waals surface area contributed by atoms with Gasteiger partial charge < -0.3 is 14.8 Å². The molecule has 0 spiro atoms. The Balaban J connectivity index is 2.45. The maximum atomic E-state index is 13.4. The summed E-state index contributed by atoms with van der Waals surface area (Å²) in [5.41, 5.74) is -0.770. The summed E-state index contributed by atoms with van der Waals surface area (Å²) in [6, 6.07) is 2.14. The van der Waals surface area contributed by atoms with Crippen LogP contribution in [0.25, 0.3) is 10.9 Å². The third-order valence-electron chi connectivity index (χ3n) is 3.27. The molecule has 0 aliphatic heterocycles. The molecule has 1 aromatic carbocycles. The molecule has 0 atom stereocenters. The molecule has 0 unspecified atom stereocenters. The number of benzene rings is 1. The Kier molecular flexibility index (Phi) is 2.35. The Morgan fingerprint density at radius 2 is 2.05 bits per heavy atom. The van der Waals surface area contributed by atoms with Crippen molar-refractivity contribution in [3.63, 3.8) is 0 Å². The number of carboxylic acids is 1. The lowest BCUT2D eigenvalue weighted by Crippen LogP contribution is -2.18. The smallest absolute Gasteiger partial charge is 0.341 e. The Labute approximate surface area is 106 Å². The lowest BCUT2D eigenvalue weighted by molar-refractivity contribution is 0.0695. The van der Waals surface area contributed by atoms with Crippen molar-refractivity contribution in [3.8, 4) is 5.75 Å². The van der Waals surface area contributed by atoms with Crippen LogP contribution in [0.3, 0.4) is 0 Å². The first-order chi connectivity index (χ1) is 8.99. The number of aromatic carboxylic acids is 1. The summed E-state index contributed by atoms with van der Waals surface area (Å²) < 4.78 is 15.0. The Morgan fingerprint density at radius 1 is 1.37 bits per heavy atom. The van der Waals surface area contributed by atoms with Crippen molar-refractivity contribution in [1.82, 2.24) is 4.57 Å². The molecule has 5 nitrogen and oxygen atoms in total. The molecule has 0 bridgehead atoms. The lowest BCUT2D eigenvalue weighted by Gasteiger charge is -2.11. The number of aromatic hydroxyl groups is 1. The minimum Gasteiger partial charge on any atom is -0.505 e. The van der Waals surface area contributed by atoms with E-state index in [0.717, 1.165) is 25.0 Å². The zero-order chi connectivity index (χ0) is 13.7. The van der Waals surface area contributed by atoms with Gasteiger partial charge in [0, 0.05) is 18.3 Å². The van der Waals surface area contributed by atoms with E-state index in [9.17, 15) is 19.1 Å². The predicted octanol–water partition coefficient (Wildman–Crippen LogP) is 1.88. The van der Waals surface area contributed by atoms with Gasteiger partial charge in [-0.25, -0.2) is 9.18 Å². The molecule has 19 heavy (non-hydrogen) atoms. The molecule has 2 aromatic rings. The number of pyridine rings is 1. The van der Waals surface area contributed by atoms with Gasteiger partial charge in [0.2, 0.25) is 5.43 Å². The van der Waals surface area contributed by atoms with Crippen LogP contribution in [0.15, 0.2) is 23.1 Å². The van der Waals surface area contributed by atoms with Crippen molar-refractivity contribution in [2.45, 2.75) is 18.9 Å². The fourth-order valence-corrected chi connectivity index (χ4v) is 2.17. The van der Waals surface area contributed by atoms with Crippen molar-refractivity contribution < 1.29 is 19.4 Å². The van der Waals surface area contributed by atoms with Crippen LogP contribution in [0.1, 0.15) is 29.2 Å². The van der Waals surface area contributed by atoms with Crippen LogP contribution in [0, 0.1) is 5.82 Å². The molecule has 3 rings (SSSR count). The zero-order valence-corrected chi connectivity index (χ0v) is 9.76. The summed E-state index contributed by atoms with van der Waals surface area (Å²) in [6.07, 6.45) is 2.97. The quantitative estimate of drug-likeness (QED) is 0.867. The molecular formula is C13H10FNO4. The molecule has 1 saturated carbocycles. The van der Waals surface area contributed by atoms with Crippen LogP contribution in [-0.4, -0.2) is 20.7 Å². The van der Waals surface area contributed by atoms with Crippen LogP contribution in [0.2, 0.25) is 0 Å². The van der Waals surface area contributed by atoms with Gasteiger partial charge in [-0.15, -0.1) is 0 Å². The number of rotatable bonds is 2. The normalized spacial score (nSPS) is 14.8. The molecule has 0 saturated heterocycles. The summed E-state index contributed by atoms with van der Waals surface area (Å²) in [4.78, 5) is 23.1. The molecule has 0 radical (unpaired) electrons. The van der Waals surface area contributed by atoms with E-state index in [0.29, 0.717) is 5.52 Å². The molecule has 6 heteroatoms. The van der Waals surface area contributed by atoms with Crippen LogP contribution in [0.4, 0.5) is 4.39 Å². The van der Waals surface area contributed by atoms with E-state index >= 15 is 0 Å². The van der Waals surface area contributed by atoms with Gasteiger partial charge >= 0.3 is 5.97 Å². The monoisotopic (exact) mass is 263 g/mol. The molecule has 98 valence electrons. The minimum absolute atomic E-state index is 0.0192. The summed E-state index contributed by atoms with van der Waals surface area (Å²) in [6.45, 7) is 0. The summed E-state index contributed by atoms with van der Waals surface area (Å²) in [5.74, 6) is -2.82. The zero-order valence-electron chi connectivity index (χ0n) is 9.76. The van der Waals surface area contributed by atoms with E-state index < -0.39 is 23.0 Å². The maximum Gasteiger partial charge on any atom is 0.341 e. The highest BCUT2D eigenvalue weighted by Gasteiger charge is 2.27. The van der Waals surface area contributed by atoms with Gasteiger partial charge in [0.1, 0.15) is 5.56 Å². The van der Waals surface area contributed by atoms with Crippen LogP contribution >= 0.6 is 0 Å². The van der Waals surface area contributed by atoms with E-state index in [4.69, 9.17) is 5.11 Å². The van der Waals surface area contributed by atoms with Gasteiger partial charge in [-0.2, -0.15) is 0 Å². The average Bonchev–Trinajstić information content (AvgIpc) is 3.16. The SMILES string of the molecule is O=C(O)c1cn(C2CC2)c2cc(F)c(O)cc2c1=O. The molecule has 1 aliphatic rings. The largest absolute Gasteiger partial charge is 0.505 e. The second-order valence-corrected chi connectivity index (χ2v) is 4.64. The summed E-state index contributed by atoms with van der Waals surface area (Å²) in [5, 5.41) is 18.4. The van der Waals surface area contributed by atoms with Gasteiger partial charge in [0.15, 0.2) is 11.6 Å². The van der Waals surface area contributed by atoms with Crippen molar-refractivity contribution >= 4 is 16.9 Å². The number of nitrogens with zero attached hydrogens (tertiary/aromatic N) is 1. The van der Waals surface area contributed by atoms with Crippen LogP contribution < -0.4 is 5.43 Å². The summed E-state index contributed by atoms with van der Waals surface area (Å²) >= 11 is 0. The predicted molar refractivity (Wildman–Crippen MR) is 65.1 cm³/mol. The Morgan fingerprint density at radius 3 is 2.63 bits per heavy atom. The fraction of sp³-hybridized carbons (Fsp3) is 0.231. The first-order valence-corrected chi connectivity index (χ1v) is 5.79. The second kappa shape index (κ2) is 3.81. The van der Waals surface area contributed by atoms with Crippen LogP contribution in [0.5, 0.6) is 5.75 Å². The molecule has 0 amide bonds. The highest BCUT2D eigenvalue weighted by atomic mass is 19.1. The van der Waals surface area contributed by atoms with Gasteiger partial charge in [0.25, 0.3) is 0 Å². The van der Waals surface area contributed by atoms with Gasteiger partial charge in [0.05, 0.1) is 10.9 Å². The standard InChI is InChI=1S/C13H10FNO4/c14-9-4-10-7(3-11(9)16)12(17)8(13(18)19)5-15(10)6-1-2-6/h3-6,16H,1-2H2,(H,18,19). The first-order valence-electron chi connectivity index (χ1n) is 5.79. The Hall–Kier alpha value is -2.37. The highest BCUT2D eigenvalue weighted by molar-refractivity contribution is 5.93. The second-order valence-electron chi connectivity index (χ2n) is 4.64. The molecular weight excluding hydrogens is 253 g/mol. The number of halogens is 1. The summed E-state index contributed by atoms with van der Waals surface area (Å²) in [7, 11) is 0. The van der Waals surface area contributed by atoms with E-state index in [1.165, 1.54) is 6.20 Å². The minimum atomic E-state index is -1.33. The van der Waals surface area contributed by atoms with E-state index in [1.54, 1.807) is 4.57 Å². The number of phenols is 1. The van der Waals surface area contributed by atoms with E-state index in [1.807, 2.05) is 0 Å². The number of hydrogen-bond donors (Lipinski definition) is 2. The highest BCUT2D eigenvalue weighted by Crippen LogP contribution is 2.37. The number of aromatic nitrogens is 1. The number of carbonyl (C=O) groups is 1. The van der Waals surface area contributed by atoms with Crippen LogP contribution in [-0.2, 0) is 0 Å². The van der Waals surface area contributed by atoms with Crippen molar-refractivity contribution in [3.05, 3.63) is 39.9 Å². The number of hydrogen-bond acceptors (Lipinski definition) is 3.